The van der Waals surface area contributed by atoms with Crippen molar-refractivity contribution in [2.75, 3.05) is 20.1 Å². The number of carboxylic acid groups (broad SMARTS) is 1. The molecule has 0 unspecified atom stereocenters. The van der Waals surface area contributed by atoms with E-state index in [0.29, 0.717) is 24.8 Å². The maximum atomic E-state index is 13.9. The van der Waals surface area contributed by atoms with Crippen LogP contribution in [0, 0.1) is 5.92 Å². The normalized spacial score (nSPS) is 23.6. The highest BCUT2D eigenvalue weighted by Crippen LogP contribution is 2.48. The molecule has 1 N–H and O–H groups in total. The largest absolute Gasteiger partial charge is 0.480 e. The number of nitrogens with zero attached hydrogens (tertiary/aromatic N) is 2. The molecule has 180 valence electrons. The van der Waals surface area contributed by atoms with Gasteiger partial charge in [-0.2, -0.15) is 0 Å². The summed E-state index contributed by atoms with van der Waals surface area (Å²) in [6, 6.07) is 29.1. The maximum absolute atomic E-state index is 13.9. The molecule has 1 aliphatic heterocycles. The highest BCUT2D eigenvalue weighted by atomic mass is 16.4. The van der Waals surface area contributed by atoms with Gasteiger partial charge in [-0.25, -0.2) is 4.79 Å². The topological polar surface area (TPSA) is 60.9 Å². The van der Waals surface area contributed by atoms with Crippen LogP contribution in [0.2, 0.25) is 0 Å². The van der Waals surface area contributed by atoms with Gasteiger partial charge in [-0.1, -0.05) is 91.0 Å². The van der Waals surface area contributed by atoms with E-state index in [9.17, 15) is 14.7 Å². The number of likely N-dealkylation sites (tertiary alicyclic amines) is 1. The molecule has 3 aromatic rings. The fraction of sp³-hybridized carbons (Fsp3) is 0.333. The first kappa shape index (κ1) is 23.3. The van der Waals surface area contributed by atoms with Gasteiger partial charge in [-0.3, -0.25) is 4.79 Å². The van der Waals surface area contributed by atoms with Crippen molar-refractivity contribution in [3.05, 3.63) is 108 Å². The number of benzene rings is 3. The van der Waals surface area contributed by atoms with E-state index in [-0.39, 0.29) is 11.9 Å². The molecule has 4 atom stereocenters. The molecule has 1 amide bonds. The van der Waals surface area contributed by atoms with Crippen LogP contribution in [-0.4, -0.2) is 59.0 Å². The van der Waals surface area contributed by atoms with Crippen molar-refractivity contribution in [2.24, 2.45) is 5.92 Å². The van der Waals surface area contributed by atoms with Crippen LogP contribution in [-0.2, 0) is 9.59 Å². The van der Waals surface area contributed by atoms with Gasteiger partial charge >= 0.3 is 5.97 Å². The second-order valence-electron chi connectivity index (χ2n) is 9.94. The molecule has 0 aromatic heterocycles. The number of likely N-dealkylation sites (N-methyl/N-ethyl adjacent to an activating group) is 1. The average molecular weight is 469 g/mol. The van der Waals surface area contributed by atoms with Crippen LogP contribution in [0.5, 0.6) is 0 Å². The van der Waals surface area contributed by atoms with Gasteiger partial charge in [0.15, 0.2) is 0 Å². The second-order valence-corrected chi connectivity index (χ2v) is 9.94. The fourth-order valence-electron chi connectivity index (χ4n) is 5.62. The average Bonchev–Trinajstić information content (AvgIpc) is 3.50. The van der Waals surface area contributed by atoms with Crippen molar-refractivity contribution in [3.63, 3.8) is 0 Å². The number of carbonyl (C=O) groups excluding carboxylic acids is 1. The molecule has 0 spiro atoms. The van der Waals surface area contributed by atoms with Gasteiger partial charge < -0.3 is 14.9 Å². The van der Waals surface area contributed by atoms with Crippen LogP contribution in [0.3, 0.4) is 0 Å². The van der Waals surface area contributed by atoms with E-state index < -0.39 is 17.9 Å². The van der Waals surface area contributed by atoms with Crippen molar-refractivity contribution in [3.8, 4) is 0 Å². The Kier molecular flexibility index (Phi) is 6.69. The van der Waals surface area contributed by atoms with Gasteiger partial charge in [0.2, 0.25) is 5.91 Å². The Labute approximate surface area is 207 Å². The first-order valence-electron chi connectivity index (χ1n) is 12.4. The van der Waals surface area contributed by atoms with Crippen LogP contribution in [0.25, 0.3) is 0 Å². The monoisotopic (exact) mass is 468 g/mol. The number of amides is 1. The lowest BCUT2D eigenvalue weighted by Gasteiger charge is -2.28. The molecule has 5 heteroatoms. The molecule has 35 heavy (non-hydrogen) atoms. The molecule has 2 fully saturated rings. The van der Waals surface area contributed by atoms with Crippen molar-refractivity contribution in [2.45, 2.75) is 36.8 Å². The lowest BCUT2D eigenvalue weighted by molar-refractivity contribution is -0.148. The molecule has 0 radical (unpaired) electrons. The van der Waals surface area contributed by atoms with Crippen LogP contribution in [0.1, 0.15) is 41.4 Å². The predicted molar refractivity (Wildman–Crippen MR) is 136 cm³/mol. The zero-order valence-electron chi connectivity index (χ0n) is 20.0. The number of aliphatic carboxylic acids is 1. The highest BCUT2D eigenvalue weighted by molar-refractivity contribution is 5.91. The van der Waals surface area contributed by atoms with E-state index in [1.165, 1.54) is 5.56 Å². The van der Waals surface area contributed by atoms with Crippen molar-refractivity contribution in [1.29, 1.82) is 0 Å². The van der Waals surface area contributed by atoms with E-state index in [0.717, 1.165) is 24.1 Å². The number of carbonyl (C=O) groups is 2. The van der Waals surface area contributed by atoms with E-state index >= 15 is 0 Å². The summed E-state index contributed by atoms with van der Waals surface area (Å²) in [5, 5.41) is 10.0. The zero-order valence-corrected chi connectivity index (χ0v) is 20.0. The van der Waals surface area contributed by atoms with Gasteiger partial charge in [0.1, 0.15) is 6.04 Å². The lowest BCUT2D eigenvalue weighted by atomic mass is 9.90. The molecule has 3 aromatic carbocycles. The van der Waals surface area contributed by atoms with Crippen LogP contribution in [0.4, 0.5) is 0 Å². The minimum absolute atomic E-state index is 0.0317. The minimum Gasteiger partial charge on any atom is -0.480 e. The van der Waals surface area contributed by atoms with Crippen molar-refractivity contribution in [1.82, 2.24) is 9.80 Å². The summed E-state index contributed by atoms with van der Waals surface area (Å²) >= 11 is 0. The summed E-state index contributed by atoms with van der Waals surface area (Å²) in [5.74, 6) is -0.429. The van der Waals surface area contributed by atoms with E-state index in [4.69, 9.17) is 0 Å². The summed E-state index contributed by atoms with van der Waals surface area (Å²) in [6.07, 6.45) is 1.62. The molecule has 1 saturated heterocycles. The standard InChI is InChI=1S/C30H32N2O3/c1-31(19-24-17-26(24)21-11-5-2-6-12-21)25-18-27(30(34)35)32(20-25)29(33)28(22-13-7-3-8-14-22)23-15-9-4-10-16-23/h2-16,24-28H,17-20H2,1H3,(H,34,35)/t24-,25+,26-,27+/m1/s1. The Morgan fingerprint density at radius 3 is 1.97 bits per heavy atom. The second kappa shape index (κ2) is 10.0. The summed E-state index contributed by atoms with van der Waals surface area (Å²) in [4.78, 5) is 30.1. The van der Waals surface area contributed by atoms with Gasteiger partial charge in [-0.05, 0) is 48.4 Å². The van der Waals surface area contributed by atoms with Gasteiger partial charge in [0, 0.05) is 19.1 Å². The lowest BCUT2D eigenvalue weighted by Crippen LogP contribution is -2.44. The van der Waals surface area contributed by atoms with E-state index in [2.05, 4.69) is 36.2 Å². The fourth-order valence-corrected chi connectivity index (χ4v) is 5.62. The van der Waals surface area contributed by atoms with Crippen molar-refractivity contribution >= 4 is 11.9 Å². The van der Waals surface area contributed by atoms with Gasteiger partial charge in [0.25, 0.3) is 0 Å². The van der Waals surface area contributed by atoms with E-state index in [1.54, 1.807) is 4.90 Å². The van der Waals surface area contributed by atoms with Crippen molar-refractivity contribution < 1.29 is 14.7 Å². The third-order valence-corrected chi connectivity index (χ3v) is 7.66. The van der Waals surface area contributed by atoms with E-state index in [1.807, 2.05) is 66.7 Å². The Hall–Kier alpha value is -3.44. The Morgan fingerprint density at radius 2 is 1.43 bits per heavy atom. The zero-order chi connectivity index (χ0) is 24.4. The van der Waals surface area contributed by atoms with Crippen LogP contribution in [0.15, 0.2) is 91.0 Å². The number of hydrogen-bond acceptors (Lipinski definition) is 3. The minimum atomic E-state index is -0.928. The maximum Gasteiger partial charge on any atom is 0.326 e. The molecule has 0 bridgehead atoms. The Bertz CT molecular complexity index is 1110. The predicted octanol–water partition coefficient (Wildman–Crippen LogP) is 4.61. The molecule has 2 aliphatic rings. The summed E-state index contributed by atoms with van der Waals surface area (Å²) in [6.45, 7) is 1.35. The number of hydrogen-bond donors (Lipinski definition) is 1. The van der Waals surface area contributed by atoms with Crippen LogP contribution >= 0.6 is 0 Å². The molecule has 5 nitrogen and oxygen atoms in total. The third kappa shape index (κ3) is 5.01. The quantitative estimate of drug-likeness (QED) is 0.525. The Morgan fingerprint density at radius 1 is 0.886 bits per heavy atom. The van der Waals surface area contributed by atoms with Crippen LogP contribution < -0.4 is 0 Å². The van der Waals surface area contributed by atoms with Gasteiger partial charge in [-0.15, -0.1) is 0 Å². The number of carboxylic acids is 1. The summed E-state index contributed by atoms with van der Waals surface area (Å²) < 4.78 is 0. The highest BCUT2D eigenvalue weighted by Gasteiger charge is 2.45. The molecule has 1 heterocycles. The smallest absolute Gasteiger partial charge is 0.326 e. The molecule has 1 aliphatic carbocycles. The molecule has 1 saturated carbocycles. The first-order valence-corrected chi connectivity index (χ1v) is 12.4. The summed E-state index contributed by atoms with van der Waals surface area (Å²) in [7, 11) is 2.07. The summed E-state index contributed by atoms with van der Waals surface area (Å²) in [5.41, 5.74) is 3.15. The molecular weight excluding hydrogens is 436 g/mol. The van der Waals surface area contributed by atoms with Gasteiger partial charge in [0.05, 0.1) is 5.92 Å². The first-order chi connectivity index (χ1) is 17.0. The Balaban J connectivity index is 1.33. The molecular formula is C30H32N2O3. The molecule has 5 rings (SSSR count). The SMILES string of the molecule is CN(C[C@H]1C[C@@H]1c1ccccc1)[C@H]1C[C@@H](C(=O)O)N(C(=O)C(c2ccccc2)c2ccccc2)C1. The number of rotatable bonds is 8. The third-order valence-electron chi connectivity index (χ3n) is 7.66.